The van der Waals surface area contributed by atoms with Gasteiger partial charge in [0.1, 0.15) is 0 Å². The first-order valence-electron chi connectivity index (χ1n) is 6.60. The third kappa shape index (κ3) is 4.73. The Balaban J connectivity index is 2.64. The van der Waals surface area contributed by atoms with E-state index in [2.05, 4.69) is 15.3 Å². The highest BCUT2D eigenvalue weighted by atomic mass is 16.5. The van der Waals surface area contributed by atoms with Crippen LogP contribution >= 0.6 is 0 Å². The van der Waals surface area contributed by atoms with Gasteiger partial charge in [-0.2, -0.15) is 4.98 Å². The highest BCUT2D eigenvalue weighted by molar-refractivity contribution is 5.80. The molecule has 0 fully saturated rings. The van der Waals surface area contributed by atoms with Crippen LogP contribution in [-0.4, -0.2) is 47.0 Å². The lowest BCUT2D eigenvalue weighted by Crippen LogP contribution is -2.35. The van der Waals surface area contributed by atoms with Gasteiger partial charge < -0.3 is 15.0 Å². The van der Waals surface area contributed by atoms with Crippen LogP contribution in [0.5, 0.6) is 5.88 Å². The number of likely N-dealkylation sites (N-methyl/N-ethyl adjacent to an activating group) is 1. The highest BCUT2D eigenvalue weighted by Gasteiger charge is 2.10. The van der Waals surface area contributed by atoms with Crippen LogP contribution in [-0.2, 0) is 4.79 Å². The van der Waals surface area contributed by atoms with E-state index in [1.54, 1.807) is 11.0 Å². The molecule has 1 rings (SSSR count). The summed E-state index contributed by atoms with van der Waals surface area (Å²) in [6.07, 6.45) is 0. The van der Waals surface area contributed by atoms with Gasteiger partial charge in [-0.3, -0.25) is 4.79 Å². The second kappa shape index (κ2) is 7.56. The maximum Gasteiger partial charge on any atom is 0.241 e. The topological polar surface area (TPSA) is 67.3 Å². The van der Waals surface area contributed by atoms with Crippen LogP contribution < -0.4 is 10.1 Å². The van der Waals surface area contributed by atoms with Crippen LogP contribution in [0.4, 0.5) is 5.95 Å². The normalized spacial score (nSPS) is 10.1. The molecule has 0 unspecified atom stereocenters. The number of aryl methyl sites for hydroxylation is 1. The standard InChI is InChI=1S/C13H22N4O2/c1-5-17(6-2)12(18)9-14-13-15-10(4)8-11(16-13)19-7-3/h8H,5-7,9H2,1-4H3,(H,14,15,16). The molecular formula is C13H22N4O2. The molecule has 0 saturated heterocycles. The Bertz CT molecular complexity index is 419. The lowest BCUT2D eigenvalue weighted by atomic mass is 10.4. The van der Waals surface area contributed by atoms with Gasteiger partial charge in [0.25, 0.3) is 0 Å². The van der Waals surface area contributed by atoms with Crippen molar-refractivity contribution in [2.75, 3.05) is 31.6 Å². The van der Waals surface area contributed by atoms with Crippen LogP contribution in [0.15, 0.2) is 6.07 Å². The molecule has 19 heavy (non-hydrogen) atoms. The van der Waals surface area contributed by atoms with Gasteiger partial charge in [-0.25, -0.2) is 4.98 Å². The molecule has 0 aliphatic carbocycles. The average molecular weight is 266 g/mol. The lowest BCUT2D eigenvalue weighted by Gasteiger charge is -2.18. The van der Waals surface area contributed by atoms with Gasteiger partial charge in [-0.15, -0.1) is 0 Å². The third-order valence-corrected chi connectivity index (χ3v) is 2.64. The van der Waals surface area contributed by atoms with Crippen molar-refractivity contribution in [2.24, 2.45) is 0 Å². The summed E-state index contributed by atoms with van der Waals surface area (Å²) in [6, 6.07) is 1.76. The largest absolute Gasteiger partial charge is 0.478 e. The summed E-state index contributed by atoms with van der Waals surface area (Å²) in [5.74, 6) is 0.977. The van der Waals surface area contributed by atoms with Gasteiger partial charge in [0.05, 0.1) is 13.2 Å². The Morgan fingerprint density at radius 2 is 2.00 bits per heavy atom. The number of anilines is 1. The summed E-state index contributed by atoms with van der Waals surface area (Å²) in [4.78, 5) is 22.0. The zero-order valence-electron chi connectivity index (χ0n) is 12.1. The Labute approximate surface area is 114 Å². The average Bonchev–Trinajstić information content (AvgIpc) is 2.37. The minimum atomic E-state index is 0.0352. The molecular weight excluding hydrogens is 244 g/mol. The van der Waals surface area contributed by atoms with Gasteiger partial charge in [0.15, 0.2) is 0 Å². The highest BCUT2D eigenvalue weighted by Crippen LogP contribution is 2.11. The SMILES string of the molecule is CCOc1cc(C)nc(NCC(=O)N(CC)CC)n1. The number of ether oxygens (including phenoxy) is 1. The quantitative estimate of drug-likeness (QED) is 0.809. The zero-order valence-corrected chi connectivity index (χ0v) is 12.1. The molecule has 0 spiro atoms. The van der Waals surface area contributed by atoms with Gasteiger partial charge in [-0.05, 0) is 27.7 Å². The van der Waals surface area contributed by atoms with E-state index in [0.717, 1.165) is 5.69 Å². The fourth-order valence-electron chi connectivity index (χ4n) is 1.68. The van der Waals surface area contributed by atoms with E-state index in [-0.39, 0.29) is 12.5 Å². The predicted octanol–water partition coefficient (Wildman–Crippen LogP) is 1.46. The van der Waals surface area contributed by atoms with E-state index in [0.29, 0.717) is 31.5 Å². The number of carbonyl (C=O) groups is 1. The van der Waals surface area contributed by atoms with Crippen molar-refractivity contribution < 1.29 is 9.53 Å². The number of nitrogens with zero attached hydrogens (tertiary/aromatic N) is 3. The smallest absolute Gasteiger partial charge is 0.241 e. The zero-order chi connectivity index (χ0) is 14.3. The number of carbonyl (C=O) groups excluding carboxylic acids is 1. The Hall–Kier alpha value is -1.85. The molecule has 1 aromatic rings. The van der Waals surface area contributed by atoms with Crippen LogP contribution in [0.3, 0.4) is 0 Å². The molecule has 106 valence electrons. The molecule has 0 atom stereocenters. The Kier molecular flexibility index (Phi) is 6.05. The Morgan fingerprint density at radius 1 is 1.32 bits per heavy atom. The van der Waals surface area contributed by atoms with E-state index in [4.69, 9.17) is 4.74 Å². The number of amides is 1. The minimum absolute atomic E-state index is 0.0352. The van der Waals surface area contributed by atoms with E-state index in [1.807, 2.05) is 27.7 Å². The van der Waals surface area contributed by atoms with Crippen molar-refractivity contribution >= 4 is 11.9 Å². The van der Waals surface area contributed by atoms with Crippen LogP contribution in [0, 0.1) is 6.92 Å². The Morgan fingerprint density at radius 3 is 2.58 bits per heavy atom. The number of hydrogen-bond donors (Lipinski definition) is 1. The predicted molar refractivity (Wildman–Crippen MR) is 74.4 cm³/mol. The van der Waals surface area contributed by atoms with Crippen molar-refractivity contribution in [1.82, 2.24) is 14.9 Å². The van der Waals surface area contributed by atoms with Gasteiger partial charge in [0.2, 0.25) is 17.7 Å². The van der Waals surface area contributed by atoms with E-state index < -0.39 is 0 Å². The van der Waals surface area contributed by atoms with Gasteiger partial charge >= 0.3 is 0 Å². The molecule has 0 bridgehead atoms. The summed E-state index contributed by atoms with van der Waals surface area (Å²) in [5, 5.41) is 2.94. The second-order valence-electron chi connectivity index (χ2n) is 4.02. The van der Waals surface area contributed by atoms with Crippen LogP contribution in [0.2, 0.25) is 0 Å². The number of rotatable bonds is 7. The molecule has 6 heteroatoms. The fourth-order valence-corrected chi connectivity index (χ4v) is 1.68. The number of hydrogen-bond acceptors (Lipinski definition) is 5. The van der Waals surface area contributed by atoms with E-state index >= 15 is 0 Å². The van der Waals surface area contributed by atoms with Crippen molar-refractivity contribution in [3.8, 4) is 5.88 Å². The summed E-state index contributed by atoms with van der Waals surface area (Å²) in [6.45, 7) is 9.82. The monoisotopic (exact) mass is 266 g/mol. The first-order valence-corrected chi connectivity index (χ1v) is 6.60. The minimum Gasteiger partial charge on any atom is -0.478 e. The number of aromatic nitrogens is 2. The molecule has 1 N–H and O–H groups in total. The van der Waals surface area contributed by atoms with Gasteiger partial charge in [-0.1, -0.05) is 0 Å². The molecule has 0 aliphatic rings. The van der Waals surface area contributed by atoms with Crippen LogP contribution in [0.25, 0.3) is 0 Å². The van der Waals surface area contributed by atoms with Crippen molar-refractivity contribution in [3.63, 3.8) is 0 Å². The lowest BCUT2D eigenvalue weighted by molar-refractivity contribution is -0.128. The fraction of sp³-hybridized carbons (Fsp3) is 0.615. The molecule has 6 nitrogen and oxygen atoms in total. The van der Waals surface area contributed by atoms with Crippen molar-refractivity contribution in [3.05, 3.63) is 11.8 Å². The van der Waals surface area contributed by atoms with E-state index in [9.17, 15) is 4.79 Å². The van der Waals surface area contributed by atoms with Crippen LogP contribution in [0.1, 0.15) is 26.5 Å². The maximum absolute atomic E-state index is 11.9. The summed E-state index contributed by atoms with van der Waals surface area (Å²) in [5.41, 5.74) is 0.802. The molecule has 1 aromatic heterocycles. The third-order valence-electron chi connectivity index (χ3n) is 2.64. The molecule has 0 aliphatic heterocycles. The maximum atomic E-state index is 11.9. The molecule has 0 radical (unpaired) electrons. The second-order valence-corrected chi connectivity index (χ2v) is 4.02. The first-order chi connectivity index (χ1) is 9.10. The summed E-state index contributed by atoms with van der Waals surface area (Å²) in [7, 11) is 0. The first kappa shape index (κ1) is 15.2. The molecule has 1 amide bonds. The summed E-state index contributed by atoms with van der Waals surface area (Å²) >= 11 is 0. The van der Waals surface area contributed by atoms with Gasteiger partial charge in [0, 0.05) is 24.8 Å². The van der Waals surface area contributed by atoms with E-state index in [1.165, 1.54) is 0 Å². The summed E-state index contributed by atoms with van der Waals surface area (Å²) < 4.78 is 5.34. The number of nitrogens with one attached hydrogen (secondary N) is 1. The molecule has 0 saturated carbocycles. The van der Waals surface area contributed by atoms with Crippen molar-refractivity contribution in [1.29, 1.82) is 0 Å². The molecule has 0 aromatic carbocycles. The molecule has 1 heterocycles. The van der Waals surface area contributed by atoms with Crippen molar-refractivity contribution in [2.45, 2.75) is 27.7 Å².